The summed E-state index contributed by atoms with van der Waals surface area (Å²) < 4.78 is 39.5. The summed E-state index contributed by atoms with van der Waals surface area (Å²) in [7, 11) is 0. The van der Waals surface area contributed by atoms with Crippen molar-refractivity contribution < 1.29 is 22.8 Å². The first kappa shape index (κ1) is 26.1. The molecule has 2 aromatic carbocycles. The molecule has 0 saturated heterocycles. The Labute approximate surface area is 215 Å². The van der Waals surface area contributed by atoms with Crippen LogP contribution in [0.2, 0.25) is 5.02 Å². The van der Waals surface area contributed by atoms with Gasteiger partial charge in [0.15, 0.2) is 0 Å². The molecule has 1 fully saturated rings. The molecule has 0 aliphatic heterocycles. The highest BCUT2D eigenvalue weighted by molar-refractivity contribution is 7.18. The normalized spacial score (nSPS) is 14.4. The Hall–Kier alpha value is -2.98. The number of benzene rings is 2. The van der Waals surface area contributed by atoms with Crippen molar-refractivity contribution in [2.45, 2.75) is 50.7 Å². The maximum Gasteiger partial charge on any atom is 0.416 e. The van der Waals surface area contributed by atoms with Gasteiger partial charge in [-0.2, -0.15) is 13.2 Å². The van der Waals surface area contributed by atoms with E-state index in [-0.39, 0.29) is 30.5 Å². The first-order chi connectivity index (χ1) is 17.2. The number of aromatic nitrogens is 2. The Balaban J connectivity index is 1.44. The van der Waals surface area contributed by atoms with Crippen molar-refractivity contribution in [2.24, 2.45) is 0 Å². The lowest BCUT2D eigenvalue weighted by molar-refractivity contribution is -0.137. The van der Waals surface area contributed by atoms with Gasteiger partial charge in [-0.3, -0.25) is 9.59 Å². The van der Waals surface area contributed by atoms with Crippen molar-refractivity contribution in [1.29, 1.82) is 0 Å². The van der Waals surface area contributed by atoms with E-state index >= 15 is 0 Å². The molecule has 190 valence electrons. The lowest BCUT2D eigenvalue weighted by atomic mass is 9.93. The Kier molecular flexibility index (Phi) is 8.25. The first-order valence-corrected chi connectivity index (χ1v) is 12.8. The van der Waals surface area contributed by atoms with Crippen molar-refractivity contribution in [3.05, 3.63) is 64.7 Å². The highest BCUT2D eigenvalue weighted by Gasteiger charge is 2.32. The van der Waals surface area contributed by atoms with Crippen LogP contribution >= 0.6 is 22.9 Å². The lowest BCUT2D eigenvalue weighted by Gasteiger charge is -2.34. The van der Waals surface area contributed by atoms with Gasteiger partial charge in [-0.1, -0.05) is 60.4 Å². The molecule has 1 aliphatic carbocycles. The van der Waals surface area contributed by atoms with Gasteiger partial charge >= 0.3 is 6.18 Å². The average molecular weight is 537 g/mol. The number of hydrogen-bond acceptors (Lipinski definition) is 5. The maximum absolute atomic E-state index is 13.3. The second kappa shape index (κ2) is 11.4. The van der Waals surface area contributed by atoms with Crippen LogP contribution in [0.1, 0.15) is 54.4 Å². The number of nitrogens with one attached hydrogen (secondary N) is 1. The molecule has 0 bridgehead atoms. The summed E-state index contributed by atoms with van der Waals surface area (Å²) in [6, 6.07) is 11.4. The van der Waals surface area contributed by atoms with Crippen LogP contribution in [0.25, 0.3) is 10.6 Å². The van der Waals surface area contributed by atoms with Gasteiger partial charge in [-0.05, 0) is 43.2 Å². The topological polar surface area (TPSA) is 75.2 Å². The third kappa shape index (κ3) is 6.61. The van der Waals surface area contributed by atoms with Crippen LogP contribution in [0.15, 0.2) is 48.5 Å². The number of rotatable bonds is 7. The smallest absolute Gasteiger partial charge is 0.335 e. The zero-order chi connectivity index (χ0) is 25.7. The van der Waals surface area contributed by atoms with Crippen molar-refractivity contribution in [1.82, 2.24) is 15.1 Å². The van der Waals surface area contributed by atoms with Gasteiger partial charge in [0.25, 0.3) is 5.91 Å². The molecule has 0 unspecified atom stereocenters. The largest absolute Gasteiger partial charge is 0.416 e. The molecule has 3 aromatic rings. The highest BCUT2D eigenvalue weighted by atomic mass is 35.5. The molecule has 11 heteroatoms. The molecular formula is C25H24ClF3N4O2S. The molecule has 6 nitrogen and oxygen atoms in total. The van der Waals surface area contributed by atoms with Crippen molar-refractivity contribution in [2.75, 3.05) is 11.9 Å². The predicted molar refractivity (Wildman–Crippen MR) is 133 cm³/mol. The molecule has 1 saturated carbocycles. The van der Waals surface area contributed by atoms with E-state index in [0.29, 0.717) is 15.2 Å². The molecule has 1 aromatic heterocycles. The Morgan fingerprint density at radius 1 is 1.06 bits per heavy atom. The van der Waals surface area contributed by atoms with Crippen LogP contribution in [0.4, 0.5) is 18.3 Å². The summed E-state index contributed by atoms with van der Waals surface area (Å²) >= 11 is 7.21. The van der Waals surface area contributed by atoms with Gasteiger partial charge in [0, 0.05) is 35.2 Å². The van der Waals surface area contributed by atoms with Gasteiger partial charge in [0.05, 0.1) is 5.56 Å². The Morgan fingerprint density at radius 2 is 1.81 bits per heavy atom. The van der Waals surface area contributed by atoms with E-state index < -0.39 is 17.6 Å². The molecule has 2 amide bonds. The van der Waals surface area contributed by atoms with Crippen LogP contribution in [-0.4, -0.2) is 39.5 Å². The van der Waals surface area contributed by atoms with Crippen LogP contribution in [-0.2, 0) is 11.0 Å². The molecular weight excluding hydrogens is 513 g/mol. The second-order valence-electron chi connectivity index (χ2n) is 8.59. The van der Waals surface area contributed by atoms with E-state index in [1.807, 2.05) is 6.07 Å². The third-order valence-corrected chi connectivity index (χ3v) is 7.16. The fourth-order valence-corrected chi connectivity index (χ4v) is 5.20. The quantitative estimate of drug-likeness (QED) is 0.365. The van der Waals surface area contributed by atoms with Gasteiger partial charge in [-0.15, -0.1) is 10.2 Å². The fourth-order valence-electron chi connectivity index (χ4n) is 4.25. The number of halogens is 4. The molecule has 0 spiro atoms. The average Bonchev–Trinajstić information content (AvgIpc) is 3.33. The minimum Gasteiger partial charge on any atom is -0.335 e. The Bertz CT molecular complexity index is 1230. The lowest BCUT2D eigenvalue weighted by Crippen LogP contribution is -2.43. The summed E-state index contributed by atoms with van der Waals surface area (Å²) in [5.74, 6) is -0.860. The summed E-state index contributed by atoms with van der Waals surface area (Å²) in [4.78, 5) is 27.5. The summed E-state index contributed by atoms with van der Waals surface area (Å²) in [5, 5.41) is 12.2. The predicted octanol–water partition coefficient (Wildman–Crippen LogP) is 6.68. The molecule has 0 radical (unpaired) electrons. The van der Waals surface area contributed by atoms with Crippen molar-refractivity contribution >= 4 is 39.9 Å². The van der Waals surface area contributed by atoms with E-state index in [4.69, 9.17) is 11.6 Å². The minimum atomic E-state index is -4.54. The van der Waals surface area contributed by atoms with Crippen LogP contribution in [0.5, 0.6) is 0 Å². The monoisotopic (exact) mass is 536 g/mol. The summed E-state index contributed by atoms with van der Waals surface area (Å²) in [6.45, 7) is 0.0888. The third-order valence-electron chi connectivity index (χ3n) is 6.04. The van der Waals surface area contributed by atoms with Crippen molar-refractivity contribution in [3.63, 3.8) is 0 Å². The molecule has 1 heterocycles. The van der Waals surface area contributed by atoms with Crippen LogP contribution in [0, 0.1) is 0 Å². The molecule has 0 atom stereocenters. The van der Waals surface area contributed by atoms with E-state index in [2.05, 4.69) is 15.5 Å². The van der Waals surface area contributed by atoms with Gasteiger partial charge in [-0.25, -0.2) is 0 Å². The first-order valence-electron chi connectivity index (χ1n) is 11.6. The second-order valence-corrected chi connectivity index (χ2v) is 10.0. The summed E-state index contributed by atoms with van der Waals surface area (Å²) in [5.41, 5.74) is -0.136. The van der Waals surface area contributed by atoms with Gasteiger partial charge < -0.3 is 10.2 Å². The van der Waals surface area contributed by atoms with Crippen molar-refractivity contribution in [3.8, 4) is 10.6 Å². The van der Waals surface area contributed by atoms with E-state index in [1.165, 1.54) is 23.5 Å². The number of carbonyl (C=O) groups excluding carboxylic acids is 2. The molecule has 1 aliphatic rings. The van der Waals surface area contributed by atoms with E-state index in [0.717, 1.165) is 49.8 Å². The number of nitrogens with zero attached hydrogens (tertiary/aromatic N) is 3. The van der Waals surface area contributed by atoms with E-state index in [1.54, 1.807) is 23.1 Å². The SMILES string of the molecule is O=C(CCN(C(=O)c1cccc(C(F)(F)F)c1)C1CCCCC1)Nc1nnc(-c2cccc(Cl)c2)s1. The van der Waals surface area contributed by atoms with Crippen LogP contribution < -0.4 is 5.32 Å². The van der Waals surface area contributed by atoms with Gasteiger partial charge in [0.1, 0.15) is 5.01 Å². The maximum atomic E-state index is 13.3. The number of hydrogen-bond donors (Lipinski definition) is 1. The minimum absolute atomic E-state index is 0.0206. The number of amides is 2. The summed E-state index contributed by atoms with van der Waals surface area (Å²) in [6.07, 6.45) is -0.141. The van der Waals surface area contributed by atoms with Gasteiger partial charge in [0.2, 0.25) is 11.0 Å². The molecule has 1 N–H and O–H groups in total. The number of carbonyl (C=O) groups is 2. The molecule has 4 rings (SSSR count). The number of anilines is 1. The van der Waals surface area contributed by atoms with E-state index in [9.17, 15) is 22.8 Å². The Morgan fingerprint density at radius 3 is 2.53 bits per heavy atom. The highest BCUT2D eigenvalue weighted by Crippen LogP contribution is 2.31. The fraction of sp³-hybridized carbons (Fsp3) is 0.360. The number of alkyl halides is 3. The zero-order valence-corrected chi connectivity index (χ0v) is 20.8. The standard InChI is InChI=1S/C25H24ClF3N4O2S/c26-19-9-5-6-16(15-19)22-31-32-24(36-22)30-21(34)12-13-33(20-10-2-1-3-11-20)23(35)17-7-4-8-18(14-17)25(27,28)29/h4-9,14-15,20H,1-3,10-13H2,(H,30,32,34). The van der Waals surface area contributed by atoms with Crippen LogP contribution in [0.3, 0.4) is 0 Å². The zero-order valence-electron chi connectivity index (χ0n) is 19.2. The molecule has 36 heavy (non-hydrogen) atoms.